The molecule has 1 aliphatic rings. The van der Waals surface area contributed by atoms with E-state index in [9.17, 15) is 27.6 Å². The normalized spacial score (nSPS) is 15.1. The van der Waals surface area contributed by atoms with Gasteiger partial charge >= 0.3 is 18.2 Å². The first-order valence-corrected chi connectivity index (χ1v) is 12.1. The number of carbonyl (C=O) groups is 3. The SMILES string of the molecule is CC[C@H](C)[C@H](NC(=O)OCC1c2ccccc2-c2ccccc21)C(=O)N[C@@H](CCC(F)(F)F)C(=O)OC. The quantitative estimate of drug-likeness (QED) is 0.433. The van der Waals surface area contributed by atoms with Crippen molar-refractivity contribution in [2.45, 2.75) is 57.3 Å². The number of halogens is 3. The van der Waals surface area contributed by atoms with Gasteiger partial charge < -0.3 is 20.1 Å². The summed E-state index contributed by atoms with van der Waals surface area (Å²) in [7, 11) is 1.02. The van der Waals surface area contributed by atoms with E-state index in [1.165, 1.54) is 0 Å². The Morgan fingerprint density at radius 1 is 0.973 bits per heavy atom. The second-order valence-electron chi connectivity index (χ2n) is 9.07. The number of nitrogens with one attached hydrogen (secondary N) is 2. The molecule has 0 unspecified atom stereocenters. The summed E-state index contributed by atoms with van der Waals surface area (Å²) in [6.45, 7) is 3.54. The second kappa shape index (κ2) is 12.1. The van der Waals surface area contributed by atoms with Crippen molar-refractivity contribution < 1.29 is 37.0 Å². The Kier molecular flexibility index (Phi) is 9.18. The van der Waals surface area contributed by atoms with Crippen LogP contribution in [0.25, 0.3) is 11.1 Å². The van der Waals surface area contributed by atoms with Crippen molar-refractivity contribution in [1.29, 1.82) is 0 Å². The number of ether oxygens (including phenoxy) is 2. The summed E-state index contributed by atoms with van der Waals surface area (Å²) in [6.07, 6.45) is -6.83. The van der Waals surface area contributed by atoms with E-state index in [0.717, 1.165) is 29.4 Å². The Bertz CT molecular complexity index is 1080. The van der Waals surface area contributed by atoms with Gasteiger partial charge in [-0.25, -0.2) is 9.59 Å². The molecule has 2 amide bonds. The predicted octanol–water partition coefficient (Wildman–Crippen LogP) is 4.94. The zero-order valence-corrected chi connectivity index (χ0v) is 20.9. The Morgan fingerprint density at radius 3 is 2.05 bits per heavy atom. The molecule has 0 radical (unpaired) electrons. The Labute approximate surface area is 213 Å². The van der Waals surface area contributed by atoms with E-state index in [2.05, 4.69) is 15.4 Å². The summed E-state index contributed by atoms with van der Waals surface area (Å²) in [5, 5.41) is 4.83. The molecule has 0 aliphatic heterocycles. The summed E-state index contributed by atoms with van der Waals surface area (Å²) >= 11 is 0. The molecule has 7 nitrogen and oxygen atoms in total. The second-order valence-corrected chi connectivity index (χ2v) is 9.07. The van der Waals surface area contributed by atoms with Crippen LogP contribution >= 0.6 is 0 Å². The zero-order valence-electron chi connectivity index (χ0n) is 20.9. The number of alkyl halides is 3. The monoisotopic (exact) mass is 520 g/mol. The van der Waals surface area contributed by atoms with Gasteiger partial charge in [-0.15, -0.1) is 0 Å². The fourth-order valence-corrected chi connectivity index (χ4v) is 4.43. The topological polar surface area (TPSA) is 93.7 Å². The predicted molar refractivity (Wildman–Crippen MR) is 131 cm³/mol. The molecule has 3 atom stereocenters. The minimum absolute atomic E-state index is 0.0328. The maximum atomic E-state index is 13.0. The molecule has 0 spiro atoms. The van der Waals surface area contributed by atoms with Crippen LogP contribution < -0.4 is 10.6 Å². The van der Waals surface area contributed by atoms with Crippen LogP contribution in [0.5, 0.6) is 0 Å². The molecule has 2 N–H and O–H groups in total. The van der Waals surface area contributed by atoms with Crippen LogP contribution in [-0.4, -0.2) is 49.9 Å². The van der Waals surface area contributed by atoms with Crippen LogP contribution in [0.4, 0.5) is 18.0 Å². The number of esters is 1. The summed E-state index contributed by atoms with van der Waals surface area (Å²) in [5.41, 5.74) is 4.19. The Morgan fingerprint density at radius 2 is 1.54 bits per heavy atom. The third-order valence-corrected chi connectivity index (χ3v) is 6.63. The first kappa shape index (κ1) is 28.0. The van der Waals surface area contributed by atoms with Crippen LogP contribution in [0.15, 0.2) is 48.5 Å². The molecular formula is C27H31F3N2O5. The molecule has 0 aromatic heterocycles. The maximum absolute atomic E-state index is 13.0. The highest BCUT2D eigenvalue weighted by Gasteiger charge is 2.35. The number of rotatable bonds is 10. The molecule has 2 aromatic rings. The van der Waals surface area contributed by atoms with E-state index < -0.39 is 49.1 Å². The molecule has 200 valence electrons. The highest BCUT2D eigenvalue weighted by molar-refractivity contribution is 5.90. The minimum Gasteiger partial charge on any atom is -0.467 e. The number of alkyl carbamates (subject to hydrolysis) is 1. The molecule has 0 heterocycles. The summed E-state index contributed by atoms with van der Waals surface area (Å²) in [4.78, 5) is 37.7. The van der Waals surface area contributed by atoms with Crippen LogP contribution in [0.1, 0.15) is 50.2 Å². The molecule has 0 saturated carbocycles. The van der Waals surface area contributed by atoms with E-state index in [4.69, 9.17) is 4.74 Å². The molecule has 0 saturated heterocycles. The lowest BCUT2D eigenvalue weighted by Crippen LogP contribution is -2.54. The van der Waals surface area contributed by atoms with Gasteiger partial charge in [0.2, 0.25) is 5.91 Å². The molecule has 0 fully saturated rings. The van der Waals surface area contributed by atoms with Gasteiger partial charge in [-0.3, -0.25) is 4.79 Å². The highest BCUT2D eigenvalue weighted by atomic mass is 19.4. The molecule has 2 aromatic carbocycles. The summed E-state index contributed by atoms with van der Waals surface area (Å²) < 4.78 is 48.1. The molecule has 3 rings (SSSR count). The van der Waals surface area contributed by atoms with Gasteiger partial charge in [-0.05, 0) is 34.6 Å². The van der Waals surface area contributed by atoms with E-state index in [1.807, 2.05) is 48.5 Å². The van der Waals surface area contributed by atoms with Crippen LogP contribution in [0.3, 0.4) is 0 Å². The zero-order chi connectivity index (χ0) is 27.2. The third-order valence-electron chi connectivity index (χ3n) is 6.63. The number of hydrogen-bond donors (Lipinski definition) is 2. The number of fused-ring (bicyclic) bond motifs is 3. The van der Waals surface area contributed by atoms with Gasteiger partial charge in [0.25, 0.3) is 0 Å². The number of benzene rings is 2. The molecule has 10 heteroatoms. The lowest BCUT2D eigenvalue weighted by atomic mass is 9.97. The van der Waals surface area contributed by atoms with Crippen molar-refractivity contribution >= 4 is 18.0 Å². The number of amides is 2. The van der Waals surface area contributed by atoms with Crippen molar-refractivity contribution in [2.24, 2.45) is 5.92 Å². The molecule has 1 aliphatic carbocycles. The van der Waals surface area contributed by atoms with E-state index in [-0.39, 0.29) is 18.4 Å². The lowest BCUT2D eigenvalue weighted by molar-refractivity contribution is -0.151. The van der Waals surface area contributed by atoms with Crippen molar-refractivity contribution in [2.75, 3.05) is 13.7 Å². The van der Waals surface area contributed by atoms with Crippen molar-refractivity contribution in [3.8, 4) is 11.1 Å². The Balaban J connectivity index is 1.67. The molecule has 0 bridgehead atoms. The maximum Gasteiger partial charge on any atom is 0.407 e. The summed E-state index contributed by atoms with van der Waals surface area (Å²) in [5.74, 6) is -2.36. The Hall–Kier alpha value is -3.56. The van der Waals surface area contributed by atoms with Crippen molar-refractivity contribution in [1.82, 2.24) is 10.6 Å². The molecule has 37 heavy (non-hydrogen) atoms. The van der Waals surface area contributed by atoms with Crippen molar-refractivity contribution in [3.63, 3.8) is 0 Å². The van der Waals surface area contributed by atoms with E-state index in [1.54, 1.807) is 13.8 Å². The van der Waals surface area contributed by atoms with Gasteiger partial charge in [-0.1, -0.05) is 68.8 Å². The van der Waals surface area contributed by atoms with Crippen LogP contribution in [0.2, 0.25) is 0 Å². The third kappa shape index (κ3) is 7.02. The number of methoxy groups -OCH3 is 1. The van der Waals surface area contributed by atoms with Crippen molar-refractivity contribution in [3.05, 3.63) is 59.7 Å². The van der Waals surface area contributed by atoms with Gasteiger partial charge in [0.15, 0.2) is 0 Å². The number of hydrogen-bond acceptors (Lipinski definition) is 5. The standard InChI is InChI=1S/C27H31F3N2O5/c1-4-16(2)23(24(33)31-22(25(34)36-3)13-14-27(28,29)30)32-26(35)37-15-21-19-11-7-5-9-17(19)18-10-6-8-12-20(18)21/h5-12,16,21-23H,4,13-15H2,1-3H3,(H,31,33)(H,32,35)/t16-,22-,23-/m0/s1. The first-order valence-electron chi connectivity index (χ1n) is 12.1. The van der Waals surface area contributed by atoms with Crippen LogP contribution in [-0.2, 0) is 19.1 Å². The largest absolute Gasteiger partial charge is 0.467 e. The smallest absolute Gasteiger partial charge is 0.407 e. The van der Waals surface area contributed by atoms with Gasteiger partial charge in [0.05, 0.1) is 7.11 Å². The fourth-order valence-electron chi connectivity index (χ4n) is 4.43. The average Bonchev–Trinajstić information content (AvgIpc) is 3.20. The lowest BCUT2D eigenvalue weighted by Gasteiger charge is -2.26. The van der Waals surface area contributed by atoms with E-state index in [0.29, 0.717) is 6.42 Å². The van der Waals surface area contributed by atoms with E-state index >= 15 is 0 Å². The highest BCUT2D eigenvalue weighted by Crippen LogP contribution is 2.44. The molecular weight excluding hydrogens is 489 g/mol. The van der Waals surface area contributed by atoms with Gasteiger partial charge in [0, 0.05) is 12.3 Å². The number of carbonyl (C=O) groups excluding carboxylic acids is 3. The average molecular weight is 521 g/mol. The van der Waals surface area contributed by atoms with Gasteiger partial charge in [-0.2, -0.15) is 13.2 Å². The van der Waals surface area contributed by atoms with Gasteiger partial charge in [0.1, 0.15) is 18.7 Å². The first-order chi connectivity index (χ1) is 17.6. The fraction of sp³-hybridized carbons (Fsp3) is 0.444. The summed E-state index contributed by atoms with van der Waals surface area (Å²) in [6, 6.07) is 13.1. The minimum atomic E-state index is -4.51. The van der Waals surface area contributed by atoms with Crippen LogP contribution in [0, 0.1) is 5.92 Å².